The number of hydrogen-bond acceptors (Lipinski definition) is 2. The highest BCUT2D eigenvalue weighted by molar-refractivity contribution is 5.95. The van der Waals surface area contributed by atoms with Crippen molar-refractivity contribution in [2.45, 2.75) is 20.0 Å². The van der Waals surface area contributed by atoms with E-state index in [1.807, 2.05) is 6.92 Å². The van der Waals surface area contributed by atoms with Crippen molar-refractivity contribution in [1.29, 1.82) is 5.41 Å². The predicted octanol–water partition coefficient (Wildman–Crippen LogP) is 2.06. The Balaban J connectivity index is 2.64. The molecule has 0 aliphatic rings. The van der Waals surface area contributed by atoms with Crippen LogP contribution >= 0.6 is 0 Å². The van der Waals surface area contributed by atoms with Gasteiger partial charge in [0, 0.05) is 5.56 Å². The van der Waals surface area contributed by atoms with E-state index in [4.69, 9.17) is 15.9 Å². The number of halogens is 2. The zero-order valence-corrected chi connectivity index (χ0v) is 8.97. The number of nitrogen functional groups attached to an aromatic ring is 1. The van der Waals surface area contributed by atoms with Gasteiger partial charge in [0.2, 0.25) is 0 Å². The van der Waals surface area contributed by atoms with Gasteiger partial charge in [-0.2, -0.15) is 0 Å². The lowest BCUT2D eigenvalue weighted by atomic mass is 10.1. The fraction of sp³-hybridized carbons (Fsp3) is 0.364. The van der Waals surface area contributed by atoms with Gasteiger partial charge in [-0.05, 0) is 24.1 Å². The van der Waals surface area contributed by atoms with Crippen molar-refractivity contribution in [1.82, 2.24) is 0 Å². The van der Waals surface area contributed by atoms with Crippen molar-refractivity contribution in [3.63, 3.8) is 0 Å². The van der Waals surface area contributed by atoms with Crippen molar-refractivity contribution in [2.75, 3.05) is 6.61 Å². The van der Waals surface area contributed by atoms with Crippen molar-refractivity contribution in [2.24, 2.45) is 5.73 Å². The molecule has 0 aliphatic heterocycles. The van der Waals surface area contributed by atoms with Gasteiger partial charge in [0.05, 0.1) is 6.61 Å². The van der Waals surface area contributed by atoms with Crippen molar-refractivity contribution in [3.05, 3.63) is 34.9 Å². The molecule has 0 heterocycles. The number of rotatable bonds is 5. The predicted molar refractivity (Wildman–Crippen MR) is 57.9 cm³/mol. The first-order valence-corrected chi connectivity index (χ1v) is 4.80. The summed E-state index contributed by atoms with van der Waals surface area (Å²) in [5, 5.41) is 7.24. The first-order valence-electron chi connectivity index (χ1n) is 4.80. The summed E-state index contributed by atoms with van der Waals surface area (Å²) in [7, 11) is 0. The van der Waals surface area contributed by atoms with Crippen LogP contribution in [0.15, 0.2) is 18.2 Å². The third-order valence-corrected chi connectivity index (χ3v) is 2.16. The molecule has 0 spiro atoms. The second kappa shape index (κ2) is 5.55. The van der Waals surface area contributed by atoms with Gasteiger partial charge in [0.15, 0.2) is 0 Å². The van der Waals surface area contributed by atoms with Crippen LogP contribution in [0.1, 0.15) is 16.7 Å². The maximum Gasteiger partial charge on any atom is 0.261 e. The third kappa shape index (κ3) is 3.58. The summed E-state index contributed by atoms with van der Waals surface area (Å²) < 4.78 is 28.5. The summed E-state index contributed by atoms with van der Waals surface area (Å²) >= 11 is 0. The van der Waals surface area contributed by atoms with Crippen LogP contribution in [0.3, 0.4) is 0 Å². The van der Waals surface area contributed by atoms with Crippen molar-refractivity contribution in [3.8, 4) is 0 Å². The molecule has 3 nitrogen and oxygen atoms in total. The highest BCUT2D eigenvalue weighted by Crippen LogP contribution is 2.12. The van der Waals surface area contributed by atoms with Gasteiger partial charge in [-0.25, -0.2) is 8.78 Å². The quantitative estimate of drug-likeness (QED) is 0.598. The first kappa shape index (κ1) is 12.6. The van der Waals surface area contributed by atoms with Crippen LogP contribution in [0, 0.1) is 12.3 Å². The highest BCUT2D eigenvalue weighted by atomic mass is 19.3. The number of nitrogens with two attached hydrogens (primary N) is 1. The minimum Gasteiger partial charge on any atom is -0.384 e. The molecule has 1 rings (SSSR count). The van der Waals surface area contributed by atoms with Crippen molar-refractivity contribution < 1.29 is 13.5 Å². The van der Waals surface area contributed by atoms with Crippen LogP contribution in [-0.4, -0.2) is 18.9 Å². The smallest absolute Gasteiger partial charge is 0.261 e. The average Bonchev–Trinajstić information content (AvgIpc) is 2.19. The Kier molecular flexibility index (Phi) is 4.37. The van der Waals surface area contributed by atoms with Crippen LogP contribution < -0.4 is 5.73 Å². The van der Waals surface area contributed by atoms with Gasteiger partial charge >= 0.3 is 0 Å². The van der Waals surface area contributed by atoms with Gasteiger partial charge in [-0.15, -0.1) is 0 Å². The van der Waals surface area contributed by atoms with E-state index >= 15 is 0 Å². The molecule has 3 N–H and O–H groups in total. The molecule has 88 valence electrons. The second-order valence-electron chi connectivity index (χ2n) is 3.46. The molecule has 0 bridgehead atoms. The molecule has 0 radical (unpaired) electrons. The Hall–Kier alpha value is -1.49. The Bertz CT molecular complexity index is 380. The SMILES string of the molecule is Cc1cc(C(=N)N)ccc1COCC(F)F. The molecule has 0 atom stereocenters. The molecule has 16 heavy (non-hydrogen) atoms. The Morgan fingerprint density at radius 3 is 2.69 bits per heavy atom. The lowest BCUT2D eigenvalue weighted by molar-refractivity contribution is 0.00972. The molecular weight excluding hydrogens is 214 g/mol. The molecule has 0 unspecified atom stereocenters. The van der Waals surface area contributed by atoms with Crippen LogP contribution in [-0.2, 0) is 11.3 Å². The van der Waals surface area contributed by atoms with Crippen LogP contribution in [0.5, 0.6) is 0 Å². The summed E-state index contributed by atoms with van der Waals surface area (Å²) in [6.07, 6.45) is -2.45. The summed E-state index contributed by atoms with van der Waals surface area (Å²) in [5.74, 6) is -0.0110. The fourth-order valence-electron chi connectivity index (χ4n) is 1.28. The summed E-state index contributed by atoms with van der Waals surface area (Å²) in [4.78, 5) is 0. The lowest BCUT2D eigenvalue weighted by Gasteiger charge is -2.08. The standard InChI is InChI=1S/C11H14F2N2O/c1-7-4-8(11(14)15)2-3-9(7)5-16-6-10(12)13/h2-4,10H,5-6H2,1H3,(H3,14,15). The van der Waals surface area contributed by atoms with Gasteiger partial charge in [-0.1, -0.05) is 12.1 Å². The number of amidine groups is 1. The highest BCUT2D eigenvalue weighted by Gasteiger charge is 2.05. The number of alkyl halides is 2. The van der Waals surface area contributed by atoms with E-state index in [0.717, 1.165) is 11.1 Å². The number of ether oxygens (including phenoxy) is 1. The Morgan fingerprint density at radius 2 is 2.19 bits per heavy atom. The summed E-state index contributed by atoms with van der Waals surface area (Å²) in [6, 6.07) is 5.15. The van der Waals surface area contributed by atoms with E-state index in [9.17, 15) is 8.78 Å². The van der Waals surface area contributed by atoms with E-state index in [1.165, 1.54) is 0 Å². The lowest BCUT2D eigenvalue weighted by Crippen LogP contribution is -2.11. The Morgan fingerprint density at radius 1 is 1.50 bits per heavy atom. The fourth-order valence-corrected chi connectivity index (χ4v) is 1.28. The first-order chi connectivity index (χ1) is 7.50. The Labute approximate surface area is 92.7 Å². The maximum absolute atomic E-state index is 11.8. The minimum atomic E-state index is -2.45. The van der Waals surface area contributed by atoms with E-state index in [1.54, 1.807) is 18.2 Å². The largest absolute Gasteiger partial charge is 0.384 e. The molecule has 1 aromatic carbocycles. The number of nitrogens with one attached hydrogen (secondary N) is 1. The molecular formula is C11H14F2N2O. The molecule has 1 aromatic rings. The van der Waals surface area contributed by atoms with Gasteiger partial charge in [0.1, 0.15) is 12.4 Å². The molecule has 0 saturated carbocycles. The van der Waals surface area contributed by atoms with Gasteiger partial charge in [-0.3, -0.25) is 5.41 Å². The van der Waals surface area contributed by atoms with E-state index in [2.05, 4.69) is 0 Å². The number of hydrogen-bond donors (Lipinski definition) is 2. The van der Waals surface area contributed by atoms with E-state index in [-0.39, 0.29) is 12.4 Å². The summed E-state index contributed by atoms with van der Waals surface area (Å²) in [5.41, 5.74) is 7.65. The van der Waals surface area contributed by atoms with Crippen molar-refractivity contribution >= 4 is 5.84 Å². The zero-order valence-electron chi connectivity index (χ0n) is 8.97. The number of aryl methyl sites for hydroxylation is 1. The molecule has 0 aromatic heterocycles. The minimum absolute atomic E-state index is 0.0110. The average molecular weight is 228 g/mol. The molecule has 0 saturated heterocycles. The second-order valence-corrected chi connectivity index (χ2v) is 3.46. The molecule has 0 amide bonds. The topological polar surface area (TPSA) is 59.1 Å². The van der Waals surface area contributed by atoms with E-state index < -0.39 is 13.0 Å². The summed E-state index contributed by atoms with van der Waals surface area (Å²) in [6.45, 7) is 1.41. The van der Waals surface area contributed by atoms with E-state index in [0.29, 0.717) is 5.56 Å². The molecule has 0 fully saturated rings. The van der Waals surface area contributed by atoms with Crippen LogP contribution in [0.2, 0.25) is 0 Å². The molecule has 0 aliphatic carbocycles. The maximum atomic E-state index is 11.8. The van der Waals surface area contributed by atoms with Crippen LogP contribution in [0.25, 0.3) is 0 Å². The van der Waals surface area contributed by atoms with Gasteiger partial charge in [0.25, 0.3) is 6.43 Å². The van der Waals surface area contributed by atoms with Gasteiger partial charge < -0.3 is 10.5 Å². The molecule has 5 heteroatoms. The zero-order chi connectivity index (χ0) is 12.1. The monoisotopic (exact) mass is 228 g/mol. The normalized spacial score (nSPS) is 10.8. The third-order valence-electron chi connectivity index (χ3n) is 2.16. The number of benzene rings is 1. The van der Waals surface area contributed by atoms with Crippen LogP contribution in [0.4, 0.5) is 8.78 Å².